The first-order chi connectivity index (χ1) is 18.0. The van der Waals surface area contributed by atoms with Gasteiger partial charge in [-0.15, -0.1) is 0 Å². The highest BCUT2D eigenvalue weighted by atomic mass is 32.2. The lowest BCUT2D eigenvalue weighted by molar-refractivity contribution is 0.0302. The summed E-state index contributed by atoms with van der Waals surface area (Å²) in [7, 11) is 1.76. The fourth-order valence-corrected chi connectivity index (χ4v) is 5.21. The molecule has 5 rings (SSSR count). The van der Waals surface area contributed by atoms with Crippen molar-refractivity contribution in [3.05, 3.63) is 65.9 Å². The number of rotatable bonds is 5. The van der Waals surface area contributed by atoms with Crippen LogP contribution in [0.4, 0.5) is 17.2 Å². The van der Waals surface area contributed by atoms with Crippen molar-refractivity contribution in [2.24, 2.45) is 0 Å². The smallest absolute Gasteiger partial charge is 0.259 e. The Balaban J connectivity index is 0.00000156. The molecule has 2 amide bonds. The van der Waals surface area contributed by atoms with Crippen LogP contribution >= 0.6 is 11.8 Å². The monoisotopic (exact) mass is 520 g/mol. The third-order valence-electron chi connectivity index (χ3n) is 5.94. The number of ether oxygens (including phenoxy) is 2. The second-order valence-electron chi connectivity index (χ2n) is 8.17. The van der Waals surface area contributed by atoms with Crippen LogP contribution in [0.25, 0.3) is 0 Å². The van der Waals surface area contributed by atoms with Gasteiger partial charge in [0.1, 0.15) is 11.6 Å². The molecule has 8 nitrogen and oxygen atoms in total. The molecule has 1 saturated heterocycles. The van der Waals surface area contributed by atoms with Crippen LogP contribution in [-0.4, -0.2) is 61.7 Å². The van der Waals surface area contributed by atoms with E-state index in [-0.39, 0.29) is 11.8 Å². The molecule has 2 aliphatic rings. The first-order valence-corrected chi connectivity index (χ1v) is 13.3. The Morgan fingerprint density at radius 2 is 1.86 bits per heavy atom. The maximum Gasteiger partial charge on any atom is 0.259 e. The second kappa shape index (κ2) is 12.1. The van der Waals surface area contributed by atoms with Crippen molar-refractivity contribution in [2.45, 2.75) is 30.6 Å². The third-order valence-corrected chi connectivity index (χ3v) is 7.06. The Morgan fingerprint density at radius 1 is 1.11 bits per heavy atom. The molecule has 1 N–H and O–H groups in total. The van der Waals surface area contributed by atoms with Crippen LogP contribution in [0.15, 0.2) is 64.5 Å². The van der Waals surface area contributed by atoms with E-state index in [1.807, 2.05) is 57.2 Å². The number of aromatic nitrogens is 1. The number of benzene rings is 2. The maximum atomic E-state index is 12.9. The van der Waals surface area contributed by atoms with Crippen molar-refractivity contribution >= 4 is 40.8 Å². The standard InChI is InChI=1S/C26H26N4O4S.C2H6/c1-3-34-21-14-17(25(31)30-10-12-33-13-11-30)8-9-19(21)28-24-15-23-20(16-27-24)29(2)26(32)18-6-4-5-7-22(18)35-23;1-2/h4-9,14-16H,3,10-13H2,1-2H3,(H,27,28);1-2H3. The molecule has 2 aliphatic heterocycles. The average molecular weight is 521 g/mol. The summed E-state index contributed by atoms with van der Waals surface area (Å²) in [5, 5.41) is 3.33. The Bertz CT molecular complexity index is 1280. The summed E-state index contributed by atoms with van der Waals surface area (Å²) in [5.74, 6) is 1.10. The molecule has 0 spiro atoms. The molecule has 194 valence electrons. The van der Waals surface area contributed by atoms with E-state index in [2.05, 4.69) is 10.3 Å². The van der Waals surface area contributed by atoms with E-state index in [0.29, 0.717) is 61.3 Å². The minimum Gasteiger partial charge on any atom is -0.492 e. The molecule has 3 heterocycles. The van der Waals surface area contributed by atoms with Gasteiger partial charge in [-0.2, -0.15) is 0 Å². The number of nitrogens with zero attached hydrogens (tertiary/aromatic N) is 3. The van der Waals surface area contributed by atoms with Crippen LogP contribution in [0.2, 0.25) is 0 Å². The largest absolute Gasteiger partial charge is 0.492 e. The van der Waals surface area contributed by atoms with E-state index in [1.54, 1.807) is 35.2 Å². The summed E-state index contributed by atoms with van der Waals surface area (Å²) in [6, 6.07) is 14.9. The SMILES string of the molecule is CC.CCOc1cc(C(=O)N2CCOCC2)ccc1Nc1cc2c(cn1)N(C)C(=O)c1ccccc1S2. The van der Waals surface area contributed by atoms with Crippen molar-refractivity contribution < 1.29 is 19.1 Å². The lowest BCUT2D eigenvalue weighted by Crippen LogP contribution is -2.40. The molecule has 0 atom stereocenters. The molecule has 0 aliphatic carbocycles. The van der Waals surface area contributed by atoms with Gasteiger partial charge in [0.2, 0.25) is 0 Å². The quantitative estimate of drug-likeness (QED) is 0.478. The van der Waals surface area contributed by atoms with Gasteiger partial charge in [-0.1, -0.05) is 37.7 Å². The molecule has 9 heteroatoms. The van der Waals surface area contributed by atoms with Crippen LogP contribution in [0.1, 0.15) is 41.5 Å². The molecule has 0 radical (unpaired) electrons. The second-order valence-corrected chi connectivity index (χ2v) is 9.26. The number of anilines is 3. The van der Waals surface area contributed by atoms with Crippen molar-refractivity contribution in [3.63, 3.8) is 0 Å². The number of carbonyl (C=O) groups excluding carboxylic acids is 2. The van der Waals surface area contributed by atoms with Crippen LogP contribution < -0.4 is 15.0 Å². The van der Waals surface area contributed by atoms with Gasteiger partial charge in [0.25, 0.3) is 11.8 Å². The van der Waals surface area contributed by atoms with E-state index in [4.69, 9.17) is 9.47 Å². The lowest BCUT2D eigenvalue weighted by Gasteiger charge is -2.27. The van der Waals surface area contributed by atoms with Crippen LogP contribution in [-0.2, 0) is 4.74 Å². The highest BCUT2D eigenvalue weighted by molar-refractivity contribution is 7.99. The van der Waals surface area contributed by atoms with Gasteiger partial charge in [-0.25, -0.2) is 4.98 Å². The summed E-state index contributed by atoms with van der Waals surface area (Å²) in [4.78, 5) is 35.6. The number of amides is 2. The van der Waals surface area contributed by atoms with Gasteiger partial charge in [0.15, 0.2) is 0 Å². The Kier molecular flexibility index (Phi) is 8.68. The summed E-state index contributed by atoms with van der Waals surface area (Å²) < 4.78 is 11.2. The zero-order valence-electron chi connectivity index (χ0n) is 21.6. The fraction of sp³-hybridized carbons (Fsp3) is 0.321. The molecule has 37 heavy (non-hydrogen) atoms. The molecule has 0 saturated carbocycles. The van der Waals surface area contributed by atoms with Crippen molar-refractivity contribution in [1.82, 2.24) is 9.88 Å². The van der Waals surface area contributed by atoms with Crippen molar-refractivity contribution in [3.8, 4) is 5.75 Å². The zero-order chi connectivity index (χ0) is 26.4. The number of hydrogen-bond acceptors (Lipinski definition) is 7. The van der Waals surface area contributed by atoms with Gasteiger partial charge in [0, 0.05) is 35.5 Å². The van der Waals surface area contributed by atoms with E-state index in [0.717, 1.165) is 15.5 Å². The Labute approximate surface area is 222 Å². The minimum absolute atomic E-state index is 0.0354. The Hall–Kier alpha value is -3.56. The number of nitrogens with one attached hydrogen (secondary N) is 1. The Morgan fingerprint density at radius 3 is 2.62 bits per heavy atom. The summed E-state index contributed by atoms with van der Waals surface area (Å²) >= 11 is 1.54. The highest BCUT2D eigenvalue weighted by Crippen LogP contribution is 2.42. The summed E-state index contributed by atoms with van der Waals surface area (Å²) in [6.45, 7) is 8.63. The van der Waals surface area contributed by atoms with Crippen LogP contribution in [0.3, 0.4) is 0 Å². The van der Waals surface area contributed by atoms with Gasteiger partial charge < -0.3 is 24.6 Å². The molecule has 0 unspecified atom stereocenters. The molecule has 0 bridgehead atoms. The van der Waals surface area contributed by atoms with E-state index in [9.17, 15) is 9.59 Å². The first kappa shape index (κ1) is 26.5. The molecule has 1 fully saturated rings. The predicted molar refractivity (Wildman–Crippen MR) is 146 cm³/mol. The summed E-state index contributed by atoms with van der Waals surface area (Å²) in [5.41, 5.74) is 2.70. The molecular formula is C28H32N4O4S. The number of pyridine rings is 1. The lowest BCUT2D eigenvalue weighted by atomic mass is 10.1. The fourth-order valence-electron chi connectivity index (χ4n) is 4.09. The van der Waals surface area contributed by atoms with Gasteiger partial charge >= 0.3 is 0 Å². The molecule has 2 aromatic carbocycles. The normalized spacial score (nSPS) is 14.5. The topological polar surface area (TPSA) is 84.0 Å². The van der Waals surface area contributed by atoms with Crippen LogP contribution in [0.5, 0.6) is 5.75 Å². The molecular weight excluding hydrogens is 488 g/mol. The average Bonchev–Trinajstić information content (AvgIpc) is 3.05. The number of hydrogen-bond donors (Lipinski definition) is 1. The van der Waals surface area contributed by atoms with Gasteiger partial charge in [0.05, 0.1) is 43.0 Å². The predicted octanol–water partition coefficient (Wildman–Crippen LogP) is 5.46. The van der Waals surface area contributed by atoms with Gasteiger partial charge in [-0.05, 0) is 43.3 Å². The molecule has 1 aromatic heterocycles. The third kappa shape index (κ3) is 5.73. The van der Waals surface area contributed by atoms with E-state index >= 15 is 0 Å². The van der Waals surface area contributed by atoms with Crippen molar-refractivity contribution in [2.75, 3.05) is 50.2 Å². The summed E-state index contributed by atoms with van der Waals surface area (Å²) in [6.07, 6.45) is 1.70. The molecule has 3 aromatic rings. The number of morpholine rings is 1. The first-order valence-electron chi connectivity index (χ1n) is 12.5. The minimum atomic E-state index is -0.0616. The van der Waals surface area contributed by atoms with Crippen LogP contribution in [0, 0.1) is 0 Å². The highest BCUT2D eigenvalue weighted by Gasteiger charge is 2.25. The number of carbonyl (C=O) groups is 2. The number of fused-ring (bicyclic) bond motifs is 2. The zero-order valence-corrected chi connectivity index (χ0v) is 22.4. The van der Waals surface area contributed by atoms with Crippen molar-refractivity contribution in [1.29, 1.82) is 0 Å². The van der Waals surface area contributed by atoms with Gasteiger partial charge in [-0.3, -0.25) is 9.59 Å². The van der Waals surface area contributed by atoms with E-state index in [1.165, 1.54) is 11.8 Å². The maximum absolute atomic E-state index is 12.9. The van der Waals surface area contributed by atoms with E-state index < -0.39 is 0 Å².